The highest BCUT2D eigenvalue weighted by atomic mass is 16.5. The summed E-state index contributed by atoms with van der Waals surface area (Å²) in [6.45, 7) is 0. The highest BCUT2D eigenvalue weighted by Gasteiger charge is 2.11. The van der Waals surface area contributed by atoms with Crippen molar-refractivity contribution in [1.29, 1.82) is 0 Å². The molecule has 0 fully saturated rings. The smallest absolute Gasteiger partial charge is 0.138 e. The molecule has 3 aromatic carbocycles. The number of aromatic hydroxyl groups is 1. The van der Waals surface area contributed by atoms with Crippen LogP contribution in [0.2, 0.25) is 0 Å². The zero-order valence-electron chi connectivity index (χ0n) is 13.9. The molecular weight excluding hydrogens is 326 g/mol. The molecule has 0 atom stereocenters. The van der Waals surface area contributed by atoms with Gasteiger partial charge in [0.25, 0.3) is 0 Å². The Morgan fingerprint density at radius 2 is 1.19 bits per heavy atom. The molecule has 4 aromatic rings. The minimum atomic E-state index is 0.213. The Hall–Kier alpha value is -3.73. The van der Waals surface area contributed by atoms with Crippen LogP contribution in [0.1, 0.15) is 0 Å². The molecule has 0 unspecified atom stereocenters. The number of benzene rings is 3. The van der Waals surface area contributed by atoms with E-state index in [-0.39, 0.29) is 5.75 Å². The molecule has 1 aromatic heterocycles. The average molecular weight is 343 g/mol. The van der Waals surface area contributed by atoms with Crippen LogP contribution >= 0.6 is 0 Å². The molecule has 0 radical (unpaired) electrons. The fourth-order valence-corrected chi connectivity index (χ4v) is 2.32. The summed E-state index contributed by atoms with van der Waals surface area (Å²) in [6.07, 6.45) is 4.31. The summed E-state index contributed by atoms with van der Waals surface area (Å²) in [4.78, 5) is 10.7. The van der Waals surface area contributed by atoms with Crippen LogP contribution in [0.5, 0.6) is 17.2 Å². The maximum atomic E-state index is 10.1. The zero-order valence-corrected chi connectivity index (χ0v) is 13.9. The number of ether oxygens (including phenoxy) is 1. The van der Waals surface area contributed by atoms with Crippen LogP contribution < -0.4 is 4.74 Å². The lowest BCUT2D eigenvalue weighted by atomic mass is 10.0. The molecule has 0 bridgehead atoms. The Morgan fingerprint density at radius 1 is 0.615 bits per heavy atom. The van der Waals surface area contributed by atoms with Crippen LogP contribution in [0.3, 0.4) is 0 Å². The van der Waals surface area contributed by atoms with Crippen molar-refractivity contribution < 1.29 is 9.84 Å². The number of nitrogens with zero attached hydrogens (tertiary/aromatic N) is 3. The standard InChI is InChI=1S/C18H14O2.C3H3N3/c19-16-12-7-13-17(20-15-10-5-2-6-11-15)18(16)14-8-3-1-4-9-14;1-4-2-6-3-5-1/h1-13,19H;1-3H. The highest BCUT2D eigenvalue weighted by molar-refractivity contribution is 5.76. The van der Waals surface area contributed by atoms with Gasteiger partial charge < -0.3 is 9.84 Å². The molecule has 0 aliphatic rings. The van der Waals surface area contributed by atoms with Gasteiger partial charge in [0.05, 0.1) is 5.56 Å². The normalized spacial score (nSPS) is 9.69. The zero-order chi connectivity index (χ0) is 18.0. The van der Waals surface area contributed by atoms with E-state index in [9.17, 15) is 5.11 Å². The van der Waals surface area contributed by atoms with Crippen LogP contribution in [0, 0.1) is 0 Å². The lowest BCUT2D eigenvalue weighted by Crippen LogP contribution is -1.88. The van der Waals surface area contributed by atoms with Gasteiger partial charge in [-0.1, -0.05) is 54.6 Å². The number of hydrogen-bond acceptors (Lipinski definition) is 5. The second-order valence-corrected chi connectivity index (χ2v) is 5.23. The van der Waals surface area contributed by atoms with Gasteiger partial charge in [-0.15, -0.1) is 0 Å². The first-order chi connectivity index (χ1) is 12.8. The summed E-state index contributed by atoms with van der Waals surface area (Å²) >= 11 is 0. The average Bonchev–Trinajstić information content (AvgIpc) is 2.71. The highest BCUT2D eigenvalue weighted by Crippen LogP contribution is 2.39. The van der Waals surface area contributed by atoms with E-state index in [1.807, 2.05) is 66.7 Å². The van der Waals surface area contributed by atoms with Crippen molar-refractivity contribution in [2.75, 3.05) is 0 Å². The molecule has 5 heteroatoms. The number of phenols is 1. The Balaban J connectivity index is 0.000000278. The topological polar surface area (TPSA) is 68.1 Å². The van der Waals surface area contributed by atoms with E-state index in [2.05, 4.69) is 15.0 Å². The molecule has 0 amide bonds. The first-order valence-corrected chi connectivity index (χ1v) is 8.00. The summed E-state index contributed by atoms with van der Waals surface area (Å²) in [6, 6.07) is 24.6. The molecule has 0 saturated heterocycles. The largest absolute Gasteiger partial charge is 0.507 e. The Labute approximate surface area is 151 Å². The summed E-state index contributed by atoms with van der Waals surface area (Å²) in [5.74, 6) is 1.60. The molecule has 26 heavy (non-hydrogen) atoms. The predicted molar refractivity (Wildman–Crippen MR) is 99.9 cm³/mol. The maximum absolute atomic E-state index is 10.1. The van der Waals surface area contributed by atoms with E-state index < -0.39 is 0 Å². The molecule has 0 aliphatic carbocycles. The van der Waals surface area contributed by atoms with Crippen LogP contribution in [-0.4, -0.2) is 20.1 Å². The third kappa shape index (κ3) is 4.64. The molecule has 4 rings (SSSR count). The van der Waals surface area contributed by atoms with Gasteiger partial charge in [0.15, 0.2) is 0 Å². The third-order valence-corrected chi connectivity index (χ3v) is 3.44. The molecule has 0 saturated carbocycles. The third-order valence-electron chi connectivity index (χ3n) is 3.44. The first-order valence-electron chi connectivity index (χ1n) is 8.00. The fourth-order valence-electron chi connectivity index (χ4n) is 2.32. The van der Waals surface area contributed by atoms with Gasteiger partial charge in [-0.3, -0.25) is 0 Å². The van der Waals surface area contributed by atoms with Crippen molar-refractivity contribution in [2.45, 2.75) is 0 Å². The lowest BCUT2D eigenvalue weighted by Gasteiger charge is -2.12. The minimum absolute atomic E-state index is 0.213. The van der Waals surface area contributed by atoms with E-state index >= 15 is 0 Å². The van der Waals surface area contributed by atoms with Crippen molar-refractivity contribution >= 4 is 0 Å². The number of rotatable bonds is 3. The lowest BCUT2D eigenvalue weighted by molar-refractivity contribution is 0.458. The second kappa shape index (κ2) is 8.94. The van der Waals surface area contributed by atoms with Crippen molar-refractivity contribution in [3.05, 3.63) is 97.8 Å². The molecule has 0 aliphatic heterocycles. The van der Waals surface area contributed by atoms with Gasteiger partial charge in [0.1, 0.15) is 36.2 Å². The molecule has 128 valence electrons. The summed E-state index contributed by atoms with van der Waals surface area (Å²) in [5.41, 5.74) is 1.63. The van der Waals surface area contributed by atoms with Gasteiger partial charge in [-0.25, -0.2) is 15.0 Å². The number of aromatic nitrogens is 3. The predicted octanol–water partition coefficient (Wildman–Crippen LogP) is 4.72. The minimum Gasteiger partial charge on any atom is -0.507 e. The quantitative estimate of drug-likeness (QED) is 0.583. The summed E-state index contributed by atoms with van der Waals surface area (Å²) in [5, 5.41) is 10.1. The monoisotopic (exact) mass is 343 g/mol. The Kier molecular flexibility index (Phi) is 5.88. The van der Waals surface area contributed by atoms with Gasteiger partial charge in [-0.2, -0.15) is 0 Å². The van der Waals surface area contributed by atoms with Crippen molar-refractivity contribution in [3.63, 3.8) is 0 Å². The van der Waals surface area contributed by atoms with Gasteiger partial charge in [-0.05, 0) is 29.8 Å². The van der Waals surface area contributed by atoms with Gasteiger partial charge in [0, 0.05) is 0 Å². The van der Waals surface area contributed by atoms with E-state index in [1.54, 1.807) is 12.1 Å². The molecule has 1 heterocycles. The fraction of sp³-hybridized carbons (Fsp3) is 0. The van der Waals surface area contributed by atoms with E-state index in [4.69, 9.17) is 4.74 Å². The molecular formula is C21H17N3O2. The Bertz CT molecular complexity index is 891. The first kappa shape index (κ1) is 17.1. The molecule has 0 spiro atoms. The van der Waals surface area contributed by atoms with Crippen LogP contribution in [-0.2, 0) is 0 Å². The summed E-state index contributed by atoms with van der Waals surface area (Å²) in [7, 11) is 0. The molecule has 5 nitrogen and oxygen atoms in total. The summed E-state index contributed by atoms with van der Waals surface area (Å²) < 4.78 is 5.88. The second-order valence-electron chi connectivity index (χ2n) is 5.23. The van der Waals surface area contributed by atoms with Gasteiger partial charge in [0.2, 0.25) is 0 Å². The SMILES string of the molecule is Oc1cccc(Oc2ccccc2)c1-c1ccccc1.c1ncncn1. The van der Waals surface area contributed by atoms with E-state index in [0.29, 0.717) is 11.3 Å². The van der Waals surface area contributed by atoms with Crippen molar-refractivity contribution in [2.24, 2.45) is 0 Å². The number of phenolic OH excluding ortho intramolecular Hbond substituents is 1. The van der Waals surface area contributed by atoms with Crippen molar-refractivity contribution in [1.82, 2.24) is 15.0 Å². The van der Waals surface area contributed by atoms with Crippen LogP contribution in [0.15, 0.2) is 97.8 Å². The van der Waals surface area contributed by atoms with Crippen LogP contribution in [0.4, 0.5) is 0 Å². The van der Waals surface area contributed by atoms with Gasteiger partial charge >= 0.3 is 0 Å². The molecule has 1 N–H and O–H groups in total. The van der Waals surface area contributed by atoms with E-state index in [1.165, 1.54) is 19.0 Å². The number of para-hydroxylation sites is 1. The number of hydrogen-bond donors (Lipinski definition) is 1. The van der Waals surface area contributed by atoms with Crippen LogP contribution in [0.25, 0.3) is 11.1 Å². The van der Waals surface area contributed by atoms with E-state index in [0.717, 1.165) is 11.3 Å². The van der Waals surface area contributed by atoms with Crippen molar-refractivity contribution in [3.8, 4) is 28.4 Å². The maximum Gasteiger partial charge on any atom is 0.138 e. The Morgan fingerprint density at radius 3 is 1.77 bits per heavy atom.